The van der Waals surface area contributed by atoms with E-state index in [1.54, 1.807) is 0 Å². The van der Waals surface area contributed by atoms with Crippen LogP contribution in [0.1, 0.15) is 12.8 Å². The van der Waals surface area contributed by atoms with Crippen molar-refractivity contribution < 1.29 is 4.79 Å². The Balaban J connectivity index is 1.74. The van der Waals surface area contributed by atoms with Gasteiger partial charge in [-0.1, -0.05) is 15.9 Å². The first-order valence-corrected chi connectivity index (χ1v) is 7.58. The van der Waals surface area contributed by atoms with Gasteiger partial charge in [-0.25, -0.2) is 0 Å². The van der Waals surface area contributed by atoms with Crippen molar-refractivity contribution in [2.75, 3.05) is 36.4 Å². The van der Waals surface area contributed by atoms with Crippen LogP contribution in [0, 0.1) is 5.92 Å². The van der Waals surface area contributed by atoms with E-state index >= 15 is 0 Å². The Morgan fingerprint density at radius 2 is 2.32 bits per heavy atom. The topological polar surface area (TPSA) is 44.4 Å². The van der Waals surface area contributed by atoms with Crippen molar-refractivity contribution in [1.29, 1.82) is 0 Å². The van der Waals surface area contributed by atoms with Gasteiger partial charge in [0.25, 0.3) is 0 Å². The standard InChI is InChI=1S/C14H18BrN3O/c15-11-1-2-13-12(7-11)17-9-14(19)18(13)6-4-10-3-5-16-8-10/h1-2,7,10,16-17H,3-6,8-9H2. The monoisotopic (exact) mass is 323 g/mol. The van der Waals surface area contributed by atoms with E-state index in [9.17, 15) is 4.79 Å². The second kappa shape index (κ2) is 5.51. The zero-order chi connectivity index (χ0) is 13.2. The molecule has 1 aromatic rings. The molecule has 0 aliphatic carbocycles. The molecule has 1 unspecified atom stereocenters. The SMILES string of the molecule is O=C1CNc2cc(Br)ccc2N1CCC1CCNC1. The minimum atomic E-state index is 0.167. The van der Waals surface area contributed by atoms with Gasteiger partial charge < -0.3 is 15.5 Å². The smallest absolute Gasteiger partial charge is 0.246 e. The molecule has 0 saturated carbocycles. The normalized spacial score (nSPS) is 22.3. The van der Waals surface area contributed by atoms with Crippen LogP contribution in [0.15, 0.2) is 22.7 Å². The quantitative estimate of drug-likeness (QED) is 0.896. The summed E-state index contributed by atoms with van der Waals surface area (Å²) in [5, 5.41) is 6.55. The summed E-state index contributed by atoms with van der Waals surface area (Å²) in [4.78, 5) is 14.0. The second-order valence-corrected chi connectivity index (χ2v) is 6.12. The lowest BCUT2D eigenvalue weighted by Crippen LogP contribution is -2.41. The fourth-order valence-corrected chi connectivity index (χ4v) is 3.16. The third-order valence-electron chi connectivity index (χ3n) is 3.90. The molecule has 1 aromatic carbocycles. The largest absolute Gasteiger partial charge is 0.374 e. The van der Waals surface area contributed by atoms with Crippen LogP contribution in [-0.4, -0.2) is 32.1 Å². The zero-order valence-electron chi connectivity index (χ0n) is 10.8. The molecule has 1 amide bonds. The average Bonchev–Trinajstić information content (AvgIpc) is 2.91. The van der Waals surface area contributed by atoms with Crippen molar-refractivity contribution in [2.24, 2.45) is 5.92 Å². The van der Waals surface area contributed by atoms with Gasteiger partial charge in [0.1, 0.15) is 0 Å². The summed E-state index contributed by atoms with van der Waals surface area (Å²) >= 11 is 3.47. The summed E-state index contributed by atoms with van der Waals surface area (Å²) < 4.78 is 1.04. The number of carbonyl (C=O) groups excluding carboxylic acids is 1. The molecule has 1 fully saturated rings. The van der Waals surface area contributed by atoms with Crippen LogP contribution in [0.5, 0.6) is 0 Å². The summed E-state index contributed by atoms with van der Waals surface area (Å²) in [6.45, 7) is 3.42. The molecule has 19 heavy (non-hydrogen) atoms. The number of rotatable bonds is 3. The van der Waals surface area contributed by atoms with Gasteiger partial charge in [-0.3, -0.25) is 4.79 Å². The first-order chi connectivity index (χ1) is 9.24. The Morgan fingerprint density at radius 3 is 3.11 bits per heavy atom. The van der Waals surface area contributed by atoms with Crippen molar-refractivity contribution in [3.05, 3.63) is 22.7 Å². The van der Waals surface area contributed by atoms with Gasteiger partial charge in [-0.05, 0) is 50.0 Å². The summed E-state index contributed by atoms with van der Waals surface area (Å²) in [6.07, 6.45) is 2.31. The van der Waals surface area contributed by atoms with E-state index in [1.807, 2.05) is 23.1 Å². The highest BCUT2D eigenvalue weighted by molar-refractivity contribution is 9.10. The first-order valence-electron chi connectivity index (χ1n) is 6.78. The maximum absolute atomic E-state index is 12.1. The summed E-state index contributed by atoms with van der Waals surface area (Å²) in [6, 6.07) is 6.03. The van der Waals surface area contributed by atoms with Crippen molar-refractivity contribution in [1.82, 2.24) is 5.32 Å². The number of fused-ring (bicyclic) bond motifs is 1. The number of amides is 1. The third-order valence-corrected chi connectivity index (χ3v) is 4.40. The van der Waals surface area contributed by atoms with Crippen molar-refractivity contribution in [2.45, 2.75) is 12.8 Å². The lowest BCUT2D eigenvalue weighted by molar-refractivity contribution is -0.117. The second-order valence-electron chi connectivity index (χ2n) is 5.21. The van der Waals surface area contributed by atoms with Gasteiger partial charge in [-0.2, -0.15) is 0 Å². The van der Waals surface area contributed by atoms with E-state index in [-0.39, 0.29) is 5.91 Å². The molecule has 0 spiro atoms. The number of nitrogens with one attached hydrogen (secondary N) is 2. The molecule has 2 N–H and O–H groups in total. The molecule has 2 aliphatic heterocycles. The van der Waals surface area contributed by atoms with Crippen molar-refractivity contribution in [3.63, 3.8) is 0 Å². The van der Waals surface area contributed by atoms with Gasteiger partial charge >= 0.3 is 0 Å². The predicted molar refractivity (Wildman–Crippen MR) is 80.6 cm³/mol. The highest BCUT2D eigenvalue weighted by atomic mass is 79.9. The zero-order valence-corrected chi connectivity index (χ0v) is 12.4. The Hall–Kier alpha value is -1.07. The minimum absolute atomic E-state index is 0.167. The molecule has 4 nitrogen and oxygen atoms in total. The fraction of sp³-hybridized carbons (Fsp3) is 0.500. The number of hydrogen-bond acceptors (Lipinski definition) is 3. The number of anilines is 2. The number of carbonyl (C=O) groups is 1. The highest BCUT2D eigenvalue weighted by Gasteiger charge is 2.25. The summed E-state index contributed by atoms with van der Waals surface area (Å²) in [7, 11) is 0. The maximum Gasteiger partial charge on any atom is 0.246 e. The van der Waals surface area contributed by atoms with E-state index in [0.717, 1.165) is 41.9 Å². The highest BCUT2D eigenvalue weighted by Crippen LogP contribution is 2.32. The molecule has 1 saturated heterocycles. The van der Waals surface area contributed by atoms with Crippen LogP contribution in [0.3, 0.4) is 0 Å². The van der Waals surface area contributed by atoms with Gasteiger partial charge in [0.05, 0.1) is 17.9 Å². The molecule has 3 rings (SSSR count). The molecule has 2 aliphatic rings. The van der Waals surface area contributed by atoms with E-state index in [1.165, 1.54) is 6.42 Å². The van der Waals surface area contributed by atoms with Crippen LogP contribution in [-0.2, 0) is 4.79 Å². The molecule has 2 heterocycles. The molecule has 102 valence electrons. The number of benzene rings is 1. The van der Waals surface area contributed by atoms with Crippen LogP contribution in [0.2, 0.25) is 0 Å². The van der Waals surface area contributed by atoms with Crippen molar-refractivity contribution >= 4 is 33.2 Å². The third kappa shape index (κ3) is 2.77. The van der Waals surface area contributed by atoms with Gasteiger partial charge in [0.2, 0.25) is 5.91 Å². The molecule has 5 heteroatoms. The Bertz CT molecular complexity index is 486. The van der Waals surface area contributed by atoms with E-state index in [4.69, 9.17) is 0 Å². The van der Waals surface area contributed by atoms with Crippen molar-refractivity contribution in [3.8, 4) is 0 Å². The molecular formula is C14H18BrN3O. The van der Waals surface area contributed by atoms with E-state index < -0.39 is 0 Å². The summed E-state index contributed by atoms with van der Waals surface area (Å²) in [5.41, 5.74) is 2.05. The molecule has 0 aromatic heterocycles. The van der Waals surface area contributed by atoms with E-state index in [0.29, 0.717) is 12.5 Å². The molecule has 1 atom stereocenters. The van der Waals surface area contributed by atoms with Crippen LogP contribution < -0.4 is 15.5 Å². The first kappa shape index (κ1) is 12.9. The Morgan fingerprint density at radius 1 is 1.42 bits per heavy atom. The fourth-order valence-electron chi connectivity index (χ4n) is 2.80. The van der Waals surface area contributed by atoms with Crippen LogP contribution >= 0.6 is 15.9 Å². The number of hydrogen-bond donors (Lipinski definition) is 2. The molecular weight excluding hydrogens is 306 g/mol. The lowest BCUT2D eigenvalue weighted by atomic mass is 10.0. The van der Waals surface area contributed by atoms with Gasteiger partial charge in [0, 0.05) is 11.0 Å². The lowest BCUT2D eigenvalue weighted by Gasteiger charge is -2.31. The van der Waals surface area contributed by atoms with Crippen LogP contribution in [0.25, 0.3) is 0 Å². The summed E-state index contributed by atoms with van der Waals surface area (Å²) in [5.74, 6) is 0.877. The van der Waals surface area contributed by atoms with Crippen LogP contribution in [0.4, 0.5) is 11.4 Å². The maximum atomic E-state index is 12.1. The van der Waals surface area contributed by atoms with E-state index in [2.05, 4.69) is 26.6 Å². The average molecular weight is 324 g/mol. The number of halogens is 1. The minimum Gasteiger partial charge on any atom is -0.374 e. The Kier molecular flexibility index (Phi) is 3.75. The number of nitrogens with zero attached hydrogens (tertiary/aromatic N) is 1. The van der Waals surface area contributed by atoms with Gasteiger partial charge in [-0.15, -0.1) is 0 Å². The Labute approximate surface area is 121 Å². The van der Waals surface area contributed by atoms with Gasteiger partial charge in [0.15, 0.2) is 0 Å². The predicted octanol–water partition coefficient (Wildman–Crippen LogP) is 2.21. The molecule has 0 radical (unpaired) electrons. The molecule has 0 bridgehead atoms.